The zero-order valence-corrected chi connectivity index (χ0v) is 10.7. The van der Waals surface area contributed by atoms with Crippen LogP contribution in [0, 0.1) is 0 Å². The van der Waals surface area contributed by atoms with E-state index in [0.29, 0.717) is 6.42 Å². The molecular weight excluding hydrogens is 224 g/mol. The number of benzene rings is 1. The monoisotopic (exact) mass is 244 g/mol. The topological polar surface area (TPSA) is 41.1 Å². The fraction of sp³-hybridized carbons (Fsp3) is 0.533. The van der Waals surface area contributed by atoms with Crippen molar-refractivity contribution in [2.45, 2.75) is 44.6 Å². The molecule has 3 heteroatoms. The molecule has 1 heterocycles. The fourth-order valence-corrected chi connectivity index (χ4v) is 2.48. The van der Waals surface area contributed by atoms with Gasteiger partial charge in [-0.1, -0.05) is 12.1 Å². The number of carbonyl (C=O) groups is 1. The number of anilines is 1. The van der Waals surface area contributed by atoms with Crippen molar-refractivity contribution in [2.75, 3.05) is 11.9 Å². The first-order valence-electron chi connectivity index (χ1n) is 6.96. The van der Waals surface area contributed by atoms with Crippen LogP contribution >= 0.6 is 0 Å². The van der Waals surface area contributed by atoms with Gasteiger partial charge in [-0.15, -0.1) is 0 Å². The molecule has 96 valence electrons. The van der Waals surface area contributed by atoms with Crippen LogP contribution in [0.3, 0.4) is 0 Å². The lowest BCUT2D eigenvalue weighted by Gasteiger charge is -2.17. The van der Waals surface area contributed by atoms with Gasteiger partial charge >= 0.3 is 0 Å². The summed E-state index contributed by atoms with van der Waals surface area (Å²) in [5.74, 6) is 0.142. The lowest BCUT2D eigenvalue weighted by molar-refractivity contribution is -0.116. The van der Waals surface area contributed by atoms with Crippen molar-refractivity contribution in [2.24, 2.45) is 0 Å². The quantitative estimate of drug-likeness (QED) is 0.780. The van der Waals surface area contributed by atoms with Crippen molar-refractivity contribution in [3.63, 3.8) is 0 Å². The molecule has 1 aliphatic heterocycles. The summed E-state index contributed by atoms with van der Waals surface area (Å²) in [6, 6.07) is 7.26. The predicted molar refractivity (Wildman–Crippen MR) is 72.7 cm³/mol. The lowest BCUT2D eigenvalue weighted by atomic mass is 9.98. The molecule has 18 heavy (non-hydrogen) atoms. The molecule has 0 radical (unpaired) electrons. The molecule has 3 rings (SSSR count). The highest BCUT2D eigenvalue weighted by molar-refractivity contribution is 5.93. The number of amides is 1. The molecule has 1 saturated carbocycles. The molecular formula is C15H20N2O. The number of fused-ring (bicyclic) bond motifs is 1. The van der Waals surface area contributed by atoms with Gasteiger partial charge in [-0.2, -0.15) is 0 Å². The molecule has 0 saturated heterocycles. The van der Waals surface area contributed by atoms with Crippen LogP contribution in [-0.4, -0.2) is 18.5 Å². The summed E-state index contributed by atoms with van der Waals surface area (Å²) in [6.45, 7) is 1.12. The van der Waals surface area contributed by atoms with Gasteiger partial charge in [0.25, 0.3) is 0 Å². The molecule has 1 fully saturated rings. The lowest BCUT2D eigenvalue weighted by Crippen LogP contribution is -2.19. The van der Waals surface area contributed by atoms with E-state index in [2.05, 4.69) is 28.8 Å². The summed E-state index contributed by atoms with van der Waals surface area (Å²) >= 11 is 0. The van der Waals surface area contributed by atoms with Gasteiger partial charge < -0.3 is 10.6 Å². The van der Waals surface area contributed by atoms with Gasteiger partial charge in [-0.25, -0.2) is 0 Å². The van der Waals surface area contributed by atoms with Gasteiger partial charge in [0.05, 0.1) is 0 Å². The Hall–Kier alpha value is -1.35. The van der Waals surface area contributed by atoms with E-state index in [1.165, 1.54) is 30.4 Å². The van der Waals surface area contributed by atoms with E-state index in [4.69, 9.17) is 0 Å². The first kappa shape index (κ1) is 11.7. The Morgan fingerprint density at radius 3 is 3.00 bits per heavy atom. The molecule has 1 amide bonds. The normalized spacial score (nSPS) is 18.3. The third kappa shape index (κ3) is 2.91. The SMILES string of the molecule is O=C1CCc2cc(CCCNC3CC3)ccc2N1. The minimum absolute atomic E-state index is 0.142. The van der Waals surface area contributed by atoms with Gasteiger partial charge in [-0.3, -0.25) is 4.79 Å². The number of rotatable bonds is 5. The van der Waals surface area contributed by atoms with Gasteiger partial charge in [0.1, 0.15) is 0 Å². The van der Waals surface area contributed by atoms with E-state index < -0.39 is 0 Å². The third-order valence-corrected chi connectivity index (χ3v) is 3.72. The maximum atomic E-state index is 11.3. The second-order valence-electron chi connectivity index (χ2n) is 5.37. The van der Waals surface area contributed by atoms with Gasteiger partial charge in [-0.05, 0) is 55.8 Å². The van der Waals surface area contributed by atoms with Crippen molar-refractivity contribution < 1.29 is 4.79 Å². The number of hydrogen-bond acceptors (Lipinski definition) is 2. The smallest absolute Gasteiger partial charge is 0.224 e. The zero-order valence-electron chi connectivity index (χ0n) is 10.7. The maximum absolute atomic E-state index is 11.3. The van der Waals surface area contributed by atoms with Crippen LogP contribution in [0.2, 0.25) is 0 Å². The minimum Gasteiger partial charge on any atom is -0.326 e. The first-order valence-corrected chi connectivity index (χ1v) is 6.96. The van der Waals surface area contributed by atoms with Crippen molar-refractivity contribution in [1.29, 1.82) is 0 Å². The molecule has 2 N–H and O–H groups in total. The summed E-state index contributed by atoms with van der Waals surface area (Å²) in [5.41, 5.74) is 3.69. The Morgan fingerprint density at radius 1 is 1.28 bits per heavy atom. The average Bonchev–Trinajstić information content (AvgIpc) is 3.19. The van der Waals surface area contributed by atoms with E-state index in [0.717, 1.165) is 31.1 Å². The maximum Gasteiger partial charge on any atom is 0.224 e. The van der Waals surface area contributed by atoms with Gasteiger partial charge in [0.15, 0.2) is 0 Å². The van der Waals surface area contributed by atoms with Crippen molar-refractivity contribution in [3.8, 4) is 0 Å². The average molecular weight is 244 g/mol. The summed E-state index contributed by atoms with van der Waals surface area (Å²) in [4.78, 5) is 11.3. The number of aryl methyl sites for hydroxylation is 2. The Balaban J connectivity index is 1.54. The van der Waals surface area contributed by atoms with Gasteiger partial charge in [0, 0.05) is 18.2 Å². The van der Waals surface area contributed by atoms with Crippen molar-refractivity contribution >= 4 is 11.6 Å². The minimum atomic E-state index is 0.142. The van der Waals surface area contributed by atoms with Crippen LogP contribution in [0.15, 0.2) is 18.2 Å². The van der Waals surface area contributed by atoms with Gasteiger partial charge in [0.2, 0.25) is 5.91 Å². The van der Waals surface area contributed by atoms with Crippen LogP contribution in [0.4, 0.5) is 5.69 Å². The highest BCUT2D eigenvalue weighted by Gasteiger charge is 2.19. The molecule has 1 aromatic carbocycles. The zero-order chi connectivity index (χ0) is 12.4. The fourth-order valence-electron chi connectivity index (χ4n) is 2.48. The van der Waals surface area contributed by atoms with Crippen molar-refractivity contribution in [3.05, 3.63) is 29.3 Å². The largest absolute Gasteiger partial charge is 0.326 e. The molecule has 2 aliphatic rings. The molecule has 0 atom stereocenters. The van der Waals surface area contributed by atoms with E-state index >= 15 is 0 Å². The van der Waals surface area contributed by atoms with Crippen LogP contribution < -0.4 is 10.6 Å². The summed E-state index contributed by atoms with van der Waals surface area (Å²) in [6.07, 6.45) is 6.55. The van der Waals surface area contributed by atoms with E-state index in [1.807, 2.05) is 0 Å². The molecule has 0 unspecified atom stereocenters. The summed E-state index contributed by atoms with van der Waals surface area (Å²) in [7, 11) is 0. The molecule has 1 aromatic rings. The molecule has 0 bridgehead atoms. The highest BCUT2D eigenvalue weighted by Crippen LogP contribution is 2.24. The second-order valence-corrected chi connectivity index (χ2v) is 5.37. The van der Waals surface area contributed by atoms with Crippen LogP contribution in [0.5, 0.6) is 0 Å². The predicted octanol–water partition coefficient (Wildman–Crippen LogP) is 2.26. The molecule has 0 spiro atoms. The Bertz CT molecular complexity index is 452. The highest BCUT2D eigenvalue weighted by atomic mass is 16.1. The van der Waals surface area contributed by atoms with Crippen LogP contribution in [0.25, 0.3) is 0 Å². The third-order valence-electron chi connectivity index (χ3n) is 3.72. The molecule has 1 aliphatic carbocycles. The summed E-state index contributed by atoms with van der Waals surface area (Å²) < 4.78 is 0. The van der Waals surface area contributed by atoms with E-state index in [1.54, 1.807) is 0 Å². The Labute approximate surface area is 108 Å². The molecule has 0 aromatic heterocycles. The molecule has 3 nitrogen and oxygen atoms in total. The van der Waals surface area contributed by atoms with Crippen molar-refractivity contribution in [1.82, 2.24) is 5.32 Å². The summed E-state index contributed by atoms with van der Waals surface area (Å²) in [5, 5.41) is 6.46. The van der Waals surface area contributed by atoms with E-state index in [-0.39, 0.29) is 5.91 Å². The first-order chi connectivity index (χ1) is 8.81. The second kappa shape index (κ2) is 5.11. The standard InChI is InChI=1S/C15H20N2O/c18-15-8-4-12-10-11(3-7-14(12)17-15)2-1-9-16-13-5-6-13/h3,7,10,13,16H,1-2,4-6,8-9H2,(H,17,18). The number of hydrogen-bond donors (Lipinski definition) is 2. The Kier molecular flexibility index (Phi) is 3.33. The number of nitrogens with one attached hydrogen (secondary N) is 2. The number of carbonyl (C=O) groups excluding carboxylic acids is 1. The van der Waals surface area contributed by atoms with Crippen LogP contribution in [0.1, 0.15) is 36.8 Å². The van der Waals surface area contributed by atoms with Crippen LogP contribution in [-0.2, 0) is 17.6 Å². The Morgan fingerprint density at radius 2 is 2.17 bits per heavy atom. The van der Waals surface area contributed by atoms with E-state index in [9.17, 15) is 4.79 Å².